The van der Waals surface area contributed by atoms with Crippen LogP contribution in [0.15, 0.2) is 24.3 Å². The molecule has 1 atom stereocenters. The van der Waals surface area contributed by atoms with Gasteiger partial charge >= 0.3 is 0 Å². The monoisotopic (exact) mass is 343 g/mol. The van der Waals surface area contributed by atoms with E-state index < -0.39 is 0 Å². The molecule has 1 aromatic rings. The van der Waals surface area contributed by atoms with Crippen molar-refractivity contribution >= 4 is 11.8 Å². The number of hydrogen-bond acceptors (Lipinski definition) is 3. The summed E-state index contributed by atoms with van der Waals surface area (Å²) in [7, 11) is 3.83. The van der Waals surface area contributed by atoms with Crippen molar-refractivity contribution in [1.82, 2.24) is 14.7 Å². The maximum atomic E-state index is 13.1. The zero-order chi connectivity index (χ0) is 18.0. The van der Waals surface area contributed by atoms with Gasteiger partial charge in [-0.05, 0) is 39.4 Å². The highest BCUT2D eigenvalue weighted by atomic mass is 16.2. The lowest BCUT2D eigenvalue weighted by Gasteiger charge is -2.39. The summed E-state index contributed by atoms with van der Waals surface area (Å²) in [6, 6.07) is 8.13. The van der Waals surface area contributed by atoms with Crippen molar-refractivity contribution in [3.8, 4) is 0 Å². The van der Waals surface area contributed by atoms with Crippen LogP contribution in [-0.4, -0.2) is 66.3 Å². The fourth-order valence-corrected chi connectivity index (χ4v) is 4.06. The quantitative estimate of drug-likeness (QED) is 0.842. The van der Waals surface area contributed by atoms with Gasteiger partial charge in [-0.1, -0.05) is 42.7 Å². The third-order valence-corrected chi connectivity index (χ3v) is 5.48. The smallest absolute Gasteiger partial charge is 0.245 e. The van der Waals surface area contributed by atoms with Crippen molar-refractivity contribution in [2.75, 3.05) is 33.7 Å². The first kappa shape index (κ1) is 17.9. The number of nitrogens with zero attached hydrogens (tertiary/aromatic N) is 3. The number of carbonyl (C=O) groups is 2. The standard InChI is InChI=1S/C20H29N3O2/c1-15-8-10-16(11-9-15)19(21(2)3)20(25)22-12-13-23(18(24)14-22)17-6-4-5-7-17/h8-11,17,19H,4-7,12-14H2,1-3H3. The van der Waals surface area contributed by atoms with E-state index in [-0.39, 0.29) is 24.4 Å². The molecule has 1 unspecified atom stereocenters. The fourth-order valence-electron chi connectivity index (χ4n) is 4.06. The highest BCUT2D eigenvalue weighted by molar-refractivity contribution is 5.89. The van der Waals surface area contributed by atoms with Crippen LogP contribution in [0.25, 0.3) is 0 Å². The Hall–Kier alpha value is -1.88. The molecule has 1 aliphatic heterocycles. The molecule has 0 radical (unpaired) electrons. The molecule has 0 N–H and O–H groups in total. The molecule has 0 aromatic heterocycles. The predicted molar refractivity (Wildman–Crippen MR) is 98.2 cm³/mol. The van der Waals surface area contributed by atoms with Gasteiger partial charge in [0.2, 0.25) is 11.8 Å². The lowest BCUT2D eigenvalue weighted by molar-refractivity contribution is -0.149. The summed E-state index contributed by atoms with van der Waals surface area (Å²) in [5.74, 6) is 0.126. The number of rotatable bonds is 4. The van der Waals surface area contributed by atoms with Gasteiger partial charge in [-0.3, -0.25) is 14.5 Å². The molecule has 1 aliphatic carbocycles. The molecule has 2 aliphatic rings. The number of amides is 2. The van der Waals surface area contributed by atoms with Crippen LogP contribution in [0.5, 0.6) is 0 Å². The number of piperazine rings is 1. The minimum Gasteiger partial charge on any atom is -0.336 e. The van der Waals surface area contributed by atoms with Crippen molar-refractivity contribution in [1.29, 1.82) is 0 Å². The van der Waals surface area contributed by atoms with E-state index in [2.05, 4.69) is 0 Å². The van der Waals surface area contributed by atoms with Gasteiger partial charge in [-0.2, -0.15) is 0 Å². The zero-order valence-corrected chi connectivity index (χ0v) is 15.6. The largest absolute Gasteiger partial charge is 0.336 e. The number of aryl methyl sites for hydroxylation is 1. The summed E-state index contributed by atoms with van der Waals surface area (Å²) >= 11 is 0. The molecule has 25 heavy (non-hydrogen) atoms. The minimum absolute atomic E-state index is 0.0216. The van der Waals surface area contributed by atoms with Crippen LogP contribution < -0.4 is 0 Å². The molecule has 5 nitrogen and oxygen atoms in total. The predicted octanol–water partition coefficient (Wildman–Crippen LogP) is 2.21. The van der Waals surface area contributed by atoms with Crippen LogP contribution in [0.1, 0.15) is 42.9 Å². The Bertz CT molecular complexity index is 620. The molecule has 1 saturated heterocycles. The van der Waals surface area contributed by atoms with Gasteiger partial charge < -0.3 is 9.80 Å². The van der Waals surface area contributed by atoms with Crippen LogP contribution >= 0.6 is 0 Å². The lowest BCUT2D eigenvalue weighted by Crippen LogP contribution is -2.56. The van der Waals surface area contributed by atoms with Gasteiger partial charge in [-0.15, -0.1) is 0 Å². The van der Waals surface area contributed by atoms with E-state index in [4.69, 9.17) is 0 Å². The summed E-state index contributed by atoms with van der Waals surface area (Å²) in [6.45, 7) is 3.56. The molecule has 136 valence electrons. The SMILES string of the molecule is Cc1ccc(C(C(=O)N2CCN(C3CCCC3)C(=O)C2)N(C)C)cc1. The van der Waals surface area contributed by atoms with E-state index in [0.29, 0.717) is 19.1 Å². The molecule has 3 rings (SSSR count). The Morgan fingerprint density at radius 3 is 2.32 bits per heavy atom. The van der Waals surface area contributed by atoms with E-state index >= 15 is 0 Å². The van der Waals surface area contributed by atoms with Crippen molar-refractivity contribution in [2.24, 2.45) is 0 Å². The van der Waals surface area contributed by atoms with Crippen LogP contribution in [-0.2, 0) is 9.59 Å². The minimum atomic E-state index is -0.341. The van der Waals surface area contributed by atoms with Crippen LogP contribution in [0.3, 0.4) is 0 Å². The molecule has 2 fully saturated rings. The first-order valence-corrected chi connectivity index (χ1v) is 9.28. The Morgan fingerprint density at radius 1 is 1.12 bits per heavy atom. The first-order valence-electron chi connectivity index (χ1n) is 9.28. The highest BCUT2D eigenvalue weighted by Crippen LogP contribution is 2.26. The molecule has 0 bridgehead atoms. The Labute approximate surface area is 150 Å². The van der Waals surface area contributed by atoms with Crippen molar-refractivity contribution in [3.63, 3.8) is 0 Å². The average Bonchev–Trinajstić information content (AvgIpc) is 3.10. The van der Waals surface area contributed by atoms with Gasteiger partial charge in [-0.25, -0.2) is 0 Å². The Morgan fingerprint density at radius 2 is 1.76 bits per heavy atom. The lowest BCUT2D eigenvalue weighted by atomic mass is 10.0. The van der Waals surface area contributed by atoms with Crippen LogP contribution in [0, 0.1) is 6.92 Å². The van der Waals surface area contributed by atoms with Crippen molar-refractivity contribution in [3.05, 3.63) is 35.4 Å². The molecular weight excluding hydrogens is 314 g/mol. The number of likely N-dealkylation sites (N-methyl/N-ethyl adjacent to an activating group) is 1. The summed E-state index contributed by atoms with van der Waals surface area (Å²) in [4.78, 5) is 31.4. The number of hydrogen-bond donors (Lipinski definition) is 0. The van der Waals surface area contributed by atoms with E-state index in [1.165, 1.54) is 18.4 Å². The maximum Gasteiger partial charge on any atom is 0.245 e. The Kier molecular flexibility index (Phi) is 5.42. The summed E-state index contributed by atoms with van der Waals surface area (Å²) in [5.41, 5.74) is 2.15. The third-order valence-electron chi connectivity index (χ3n) is 5.48. The molecule has 1 heterocycles. The second-order valence-corrected chi connectivity index (χ2v) is 7.56. The average molecular weight is 343 g/mol. The molecule has 0 spiro atoms. The topological polar surface area (TPSA) is 43.9 Å². The van der Waals surface area contributed by atoms with Gasteiger partial charge in [0.1, 0.15) is 6.04 Å². The first-order chi connectivity index (χ1) is 12.0. The summed E-state index contributed by atoms with van der Waals surface area (Å²) in [5, 5.41) is 0. The van der Waals surface area contributed by atoms with Gasteiger partial charge in [0.25, 0.3) is 0 Å². The van der Waals surface area contributed by atoms with Crippen molar-refractivity contribution in [2.45, 2.75) is 44.7 Å². The number of carbonyl (C=O) groups excluding carboxylic acids is 2. The van der Waals surface area contributed by atoms with E-state index in [1.807, 2.05) is 55.1 Å². The van der Waals surface area contributed by atoms with Crippen molar-refractivity contribution < 1.29 is 9.59 Å². The normalized spacial score (nSPS) is 20.4. The molecule has 2 amide bonds. The summed E-state index contributed by atoms with van der Waals surface area (Å²) < 4.78 is 0. The maximum absolute atomic E-state index is 13.1. The highest BCUT2D eigenvalue weighted by Gasteiger charge is 2.36. The van der Waals surface area contributed by atoms with Crippen LogP contribution in [0.4, 0.5) is 0 Å². The van der Waals surface area contributed by atoms with E-state index in [0.717, 1.165) is 18.4 Å². The third kappa shape index (κ3) is 3.87. The summed E-state index contributed by atoms with van der Waals surface area (Å²) in [6.07, 6.45) is 4.66. The van der Waals surface area contributed by atoms with E-state index in [1.54, 1.807) is 4.90 Å². The second-order valence-electron chi connectivity index (χ2n) is 7.56. The van der Waals surface area contributed by atoms with E-state index in [9.17, 15) is 9.59 Å². The second kappa shape index (κ2) is 7.56. The van der Waals surface area contributed by atoms with Crippen LogP contribution in [0.2, 0.25) is 0 Å². The number of benzene rings is 1. The Balaban J connectivity index is 1.70. The molecular formula is C20H29N3O2. The van der Waals surface area contributed by atoms with Gasteiger partial charge in [0.05, 0.1) is 6.54 Å². The molecule has 1 aromatic carbocycles. The van der Waals surface area contributed by atoms with Gasteiger partial charge in [0.15, 0.2) is 0 Å². The molecule has 5 heteroatoms. The zero-order valence-electron chi connectivity index (χ0n) is 15.6. The molecule has 1 saturated carbocycles. The van der Waals surface area contributed by atoms with Gasteiger partial charge in [0, 0.05) is 19.1 Å². The fraction of sp³-hybridized carbons (Fsp3) is 0.600.